The highest BCUT2D eigenvalue weighted by Gasteiger charge is 2.54. The lowest BCUT2D eigenvalue weighted by Gasteiger charge is -2.52. The lowest BCUT2D eigenvalue weighted by Crippen LogP contribution is -2.56. The molecule has 1 rings (SSSR count). The molecule has 0 aromatic carbocycles. The Morgan fingerprint density at radius 1 is 1.44 bits per heavy atom. The Labute approximate surface area is 98.7 Å². The first-order valence-corrected chi connectivity index (χ1v) is 6.04. The van der Waals surface area contributed by atoms with Crippen LogP contribution in [0.25, 0.3) is 0 Å². The van der Waals surface area contributed by atoms with Gasteiger partial charge in [0.25, 0.3) is 0 Å². The van der Waals surface area contributed by atoms with Gasteiger partial charge in [-0.3, -0.25) is 4.79 Å². The first kappa shape index (κ1) is 13.5. The SMILES string of the molecule is C[C@H](N)[C@H]1C[C@H](C(=O)OC(C)(C)C)C1(C)C. The summed E-state index contributed by atoms with van der Waals surface area (Å²) in [6, 6.07) is 0.147. The summed E-state index contributed by atoms with van der Waals surface area (Å²) >= 11 is 0. The van der Waals surface area contributed by atoms with E-state index in [2.05, 4.69) is 13.8 Å². The molecule has 1 aliphatic rings. The van der Waals surface area contributed by atoms with Crippen LogP contribution in [0.4, 0.5) is 0 Å². The summed E-state index contributed by atoms with van der Waals surface area (Å²) in [5, 5.41) is 0. The van der Waals surface area contributed by atoms with Crippen molar-refractivity contribution < 1.29 is 9.53 Å². The van der Waals surface area contributed by atoms with Crippen LogP contribution in [0.2, 0.25) is 0 Å². The van der Waals surface area contributed by atoms with Gasteiger partial charge >= 0.3 is 5.97 Å². The number of rotatable bonds is 2. The molecule has 1 fully saturated rings. The van der Waals surface area contributed by atoms with E-state index in [4.69, 9.17) is 10.5 Å². The van der Waals surface area contributed by atoms with E-state index < -0.39 is 5.60 Å². The minimum Gasteiger partial charge on any atom is -0.460 e. The lowest BCUT2D eigenvalue weighted by atomic mass is 9.53. The number of ether oxygens (including phenoxy) is 1. The molecule has 0 aliphatic heterocycles. The van der Waals surface area contributed by atoms with Crippen LogP contribution in [0.5, 0.6) is 0 Å². The van der Waals surface area contributed by atoms with Gasteiger partial charge in [-0.05, 0) is 45.4 Å². The van der Waals surface area contributed by atoms with E-state index in [9.17, 15) is 4.79 Å². The minimum absolute atomic E-state index is 0.00252. The smallest absolute Gasteiger partial charge is 0.310 e. The van der Waals surface area contributed by atoms with Crippen LogP contribution in [-0.4, -0.2) is 17.6 Å². The zero-order chi connectivity index (χ0) is 12.7. The first-order valence-electron chi connectivity index (χ1n) is 6.04. The molecule has 0 aromatic heterocycles. The maximum Gasteiger partial charge on any atom is 0.310 e. The second-order valence-corrected chi connectivity index (χ2v) is 6.61. The summed E-state index contributed by atoms with van der Waals surface area (Å²) in [5.41, 5.74) is 5.48. The Balaban J connectivity index is 2.63. The van der Waals surface area contributed by atoms with Crippen molar-refractivity contribution in [3.63, 3.8) is 0 Å². The Hall–Kier alpha value is -0.570. The summed E-state index contributed by atoms with van der Waals surface area (Å²) in [5.74, 6) is 0.349. The average molecular weight is 227 g/mol. The molecule has 0 saturated heterocycles. The lowest BCUT2D eigenvalue weighted by molar-refractivity contribution is -0.177. The molecule has 0 bridgehead atoms. The van der Waals surface area contributed by atoms with E-state index in [1.165, 1.54) is 0 Å². The van der Waals surface area contributed by atoms with Crippen LogP contribution >= 0.6 is 0 Å². The maximum atomic E-state index is 12.0. The molecule has 1 aliphatic carbocycles. The van der Waals surface area contributed by atoms with Gasteiger partial charge in [0, 0.05) is 6.04 Å². The molecule has 0 aromatic rings. The second kappa shape index (κ2) is 4.02. The topological polar surface area (TPSA) is 52.3 Å². The van der Waals surface area contributed by atoms with Gasteiger partial charge in [-0.1, -0.05) is 13.8 Å². The number of hydrogen-bond donors (Lipinski definition) is 1. The van der Waals surface area contributed by atoms with Crippen molar-refractivity contribution in [3.05, 3.63) is 0 Å². The molecule has 1 saturated carbocycles. The van der Waals surface area contributed by atoms with E-state index in [-0.39, 0.29) is 23.3 Å². The minimum atomic E-state index is -0.396. The molecule has 16 heavy (non-hydrogen) atoms. The number of carbonyl (C=O) groups excluding carboxylic acids is 1. The van der Waals surface area contributed by atoms with E-state index in [1.807, 2.05) is 27.7 Å². The van der Waals surface area contributed by atoms with Gasteiger partial charge in [0.15, 0.2) is 0 Å². The van der Waals surface area contributed by atoms with Crippen LogP contribution in [-0.2, 0) is 9.53 Å². The fourth-order valence-corrected chi connectivity index (χ4v) is 2.62. The van der Waals surface area contributed by atoms with Crippen LogP contribution in [0.3, 0.4) is 0 Å². The zero-order valence-corrected chi connectivity index (χ0v) is 11.3. The molecule has 0 heterocycles. The molecule has 3 atom stereocenters. The first-order chi connectivity index (χ1) is 7.05. The van der Waals surface area contributed by atoms with Crippen molar-refractivity contribution in [2.45, 2.75) is 59.6 Å². The molecule has 3 heteroatoms. The fourth-order valence-electron chi connectivity index (χ4n) is 2.62. The monoisotopic (exact) mass is 227 g/mol. The number of carbonyl (C=O) groups is 1. The molecular weight excluding hydrogens is 202 g/mol. The van der Waals surface area contributed by atoms with Crippen molar-refractivity contribution in [2.24, 2.45) is 23.0 Å². The third-order valence-electron chi connectivity index (χ3n) is 3.67. The number of nitrogens with two attached hydrogens (primary N) is 1. The second-order valence-electron chi connectivity index (χ2n) is 6.61. The van der Waals surface area contributed by atoms with Crippen molar-refractivity contribution in [1.82, 2.24) is 0 Å². The predicted octanol–water partition coefficient (Wildman–Crippen LogP) is 2.34. The molecule has 2 N–H and O–H groups in total. The predicted molar refractivity (Wildman–Crippen MR) is 64.9 cm³/mol. The maximum absolute atomic E-state index is 12.0. The summed E-state index contributed by atoms with van der Waals surface area (Å²) in [6.07, 6.45) is 0.861. The van der Waals surface area contributed by atoms with Crippen molar-refractivity contribution in [1.29, 1.82) is 0 Å². The van der Waals surface area contributed by atoms with Gasteiger partial charge < -0.3 is 10.5 Å². The van der Waals surface area contributed by atoms with Gasteiger partial charge in [0.05, 0.1) is 5.92 Å². The Bertz CT molecular complexity index is 276. The van der Waals surface area contributed by atoms with Crippen molar-refractivity contribution >= 4 is 5.97 Å². The highest BCUT2D eigenvalue weighted by atomic mass is 16.6. The normalized spacial score (nSPS) is 30.4. The van der Waals surface area contributed by atoms with Crippen LogP contribution < -0.4 is 5.73 Å². The standard InChI is InChI=1S/C13H25NO2/c1-8(14)9-7-10(13(9,5)6)11(15)16-12(2,3)4/h8-10H,7,14H2,1-6H3/t8-,9+,10+/m0/s1. The molecule has 0 amide bonds. The summed E-state index contributed by atoms with van der Waals surface area (Å²) < 4.78 is 5.43. The summed E-state index contributed by atoms with van der Waals surface area (Å²) in [4.78, 5) is 12.0. The van der Waals surface area contributed by atoms with Crippen LogP contribution in [0, 0.1) is 17.3 Å². The molecule has 94 valence electrons. The Kier molecular flexibility index (Phi) is 3.39. The van der Waals surface area contributed by atoms with E-state index >= 15 is 0 Å². The van der Waals surface area contributed by atoms with Crippen LogP contribution in [0.15, 0.2) is 0 Å². The zero-order valence-electron chi connectivity index (χ0n) is 11.3. The van der Waals surface area contributed by atoms with Crippen molar-refractivity contribution in [3.8, 4) is 0 Å². The van der Waals surface area contributed by atoms with Crippen LogP contribution in [0.1, 0.15) is 48.0 Å². The van der Waals surface area contributed by atoms with E-state index in [0.717, 1.165) is 6.42 Å². The number of hydrogen-bond acceptors (Lipinski definition) is 3. The number of esters is 1. The summed E-state index contributed by atoms with van der Waals surface area (Å²) in [6.45, 7) is 11.9. The van der Waals surface area contributed by atoms with Gasteiger partial charge in [-0.15, -0.1) is 0 Å². The molecule has 0 unspecified atom stereocenters. The van der Waals surface area contributed by atoms with Crippen molar-refractivity contribution in [2.75, 3.05) is 0 Å². The van der Waals surface area contributed by atoms with Gasteiger partial charge in [-0.25, -0.2) is 0 Å². The third-order valence-corrected chi connectivity index (χ3v) is 3.67. The van der Waals surface area contributed by atoms with Gasteiger partial charge in [0.2, 0.25) is 0 Å². The van der Waals surface area contributed by atoms with E-state index in [1.54, 1.807) is 0 Å². The Morgan fingerprint density at radius 2 is 1.94 bits per heavy atom. The quantitative estimate of drug-likeness (QED) is 0.737. The van der Waals surface area contributed by atoms with Gasteiger partial charge in [-0.2, -0.15) is 0 Å². The highest BCUT2D eigenvalue weighted by molar-refractivity contribution is 5.75. The third kappa shape index (κ3) is 2.57. The molecule has 0 radical (unpaired) electrons. The van der Waals surface area contributed by atoms with E-state index in [0.29, 0.717) is 5.92 Å². The molecule has 3 nitrogen and oxygen atoms in total. The van der Waals surface area contributed by atoms with Gasteiger partial charge in [0.1, 0.15) is 5.60 Å². The largest absolute Gasteiger partial charge is 0.460 e. The molecule has 0 spiro atoms. The molecular formula is C13H25NO2. The average Bonchev–Trinajstić information content (AvgIpc) is 1.97. The fraction of sp³-hybridized carbons (Fsp3) is 0.923. The summed E-state index contributed by atoms with van der Waals surface area (Å²) in [7, 11) is 0. The Morgan fingerprint density at radius 3 is 2.25 bits per heavy atom. The highest BCUT2D eigenvalue weighted by Crippen LogP contribution is 2.53.